The second-order valence-electron chi connectivity index (χ2n) is 4.93. The van der Waals surface area contributed by atoms with Gasteiger partial charge in [0.1, 0.15) is 0 Å². The largest absolute Gasteiger partial charge is 0.380 e. The Balaban J connectivity index is 1.83. The van der Waals surface area contributed by atoms with E-state index in [-0.39, 0.29) is 12.3 Å². The van der Waals surface area contributed by atoms with Crippen LogP contribution in [-0.4, -0.2) is 26.6 Å². The minimum Gasteiger partial charge on any atom is -0.380 e. The highest BCUT2D eigenvalue weighted by molar-refractivity contribution is 5.56. The minimum absolute atomic E-state index is 0.0375. The summed E-state index contributed by atoms with van der Waals surface area (Å²) < 4.78 is 7.00. The molecule has 0 bridgehead atoms. The average Bonchev–Trinajstić information content (AvgIpc) is 2.97. The zero-order valence-electron chi connectivity index (χ0n) is 12.5. The SMILES string of the molecule is COCc1cc([N+](=O)[O-])ccc1NCc1nnc2ccccn12. The van der Waals surface area contributed by atoms with Gasteiger partial charge >= 0.3 is 0 Å². The molecule has 3 rings (SSSR count). The fourth-order valence-electron chi connectivity index (χ4n) is 2.33. The predicted octanol–water partition coefficient (Wildman–Crippen LogP) is 2.40. The topological polar surface area (TPSA) is 94.6 Å². The molecule has 0 saturated heterocycles. The lowest BCUT2D eigenvalue weighted by atomic mass is 10.1. The van der Waals surface area contributed by atoms with Crippen molar-refractivity contribution in [1.29, 1.82) is 0 Å². The number of non-ortho nitro benzene ring substituents is 1. The molecule has 0 aliphatic rings. The number of rotatable bonds is 6. The van der Waals surface area contributed by atoms with Gasteiger partial charge in [-0.25, -0.2) is 0 Å². The van der Waals surface area contributed by atoms with Crippen LogP contribution in [0.25, 0.3) is 5.65 Å². The summed E-state index contributed by atoms with van der Waals surface area (Å²) in [6.45, 7) is 0.726. The summed E-state index contributed by atoms with van der Waals surface area (Å²) >= 11 is 0. The van der Waals surface area contributed by atoms with Crippen molar-refractivity contribution in [1.82, 2.24) is 14.6 Å². The highest BCUT2D eigenvalue weighted by atomic mass is 16.6. The summed E-state index contributed by atoms with van der Waals surface area (Å²) in [6, 6.07) is 10.3. The molecule has 0 aliphatic heterocycles. The minimum atomic E-state index is -0.422. The number of fused-ring (bicyclic) bond motifs is 1. The number of aromatic nitrogens is 3. The summed E-state index contributed by atoms with van der Waals surface area (Å²) in [5.74, 6) is 0.752. The number of pyridine rings is 1. The van der Waals surface area contributed by atoms with E-state index in [4.69, 9.17) is 4.74 Å². The highest BCUT2D eigenvalue weighted by Gasteiger charge is 2.12. The number of benzene rings is 1. The van der Waals surface area contributed by atoms with E-state index >= 15 is 0 Å². The molecule has 3 aromatic rings. The van der Waals surface area contributed by atoms with Gasteiger partial charge in [-0.15, -0.1) is 10.2 Å². The van der Waals surface area contributed by atoms with Crippen LogP contribution in [-0.2, 0) is 17.9 Å². The Kier molecular flexibility index (Phi) is 4.15. The van der Waals surface area contributed by atoms with E-state index in [1.165, 1.54) is 12.1 Å². The summed E-state index contributed by atoms with van der Waals surface area (Å²) in [5.41, 5.74) is 2.29. The van der Waals surface area contributed by atoms with Gasteiger partial charge < -0.3 is 10.1 Å². The van der Waals surface area contributed by atoms with Crippen molar-refractivity contribution in [3.63, 3.8) is 0 Å². The molecule has 1 N–H and O–H groups in total. The molecule has 1 aromatic carbocycles. The standard InChI is InChI=1S/C15H15N5O3/c1-23-10-11-8-12(20(21)22)5-6-13(11)16-9-15-18-17-14-4-2-3-7-19(14)15/h2-8,16H,9-10H2,1H3. The van der Waals surface area contributed by atoms with Gasteiger partial charge in [0.05, 0.1) is 18.1 Å². The Hall–Kier alpha value is -3.00. The summed E-state index contributed by atoms with van der Waals surface area (Å²) in [5, 5.41) is 22.3. The maximum Gasteiger partial charge on any atom is 0.269 e. The summed E-state index contributed by atoms with van der Waals surface area (Å²) in [4.78, 5) is 10.5. The fraction of sp³-hybridized carbons (Fsp3) is 0.200. The molecule has 118 valence electrons. The Bertz CT molecular complexity index is 846. The van der Waals surface area contributed by atoms with Crippen LogP contribution in [0.5, 0.6) is 0 Å². The lowest BCUT2D eigenvalue weighted by molar-refractivity contribution is -0.384. The van der Waals surface area contributed by atoms with E-state index in [9.17, 15) is 10.1 Å². The number of methoxy groups -OCH3 is 1. The van der Waals surface area contributed by atoms with E-state index in [2.05, 4.69) is 15.5 Å². The molecule has 8 heteroatoms. The van der Waals surface area contributed by atoms with Crippen molar-refractivity contribution in [2.75, 3.05) is 12.4 Å². The molecule has 2 heterocycles. The number of nitro groups is 1. The zero-order chi connectivity index (χ0) is 16.2. The molecule has 0 fully saturated rings. The number of nitrogens with one attached hydrogen (secondary N) is 1. The lowest BCUT2D eigenvalue weighted by Gasteiger charge is -2.11. The molecular formula is C15H15N5O3. The van der Waals surface area contributed by atoms with E-state index in [1.807, 2.05) is 28.8 Å². The molecule has 0 amide bonds. The Morgan fingerprint density at radius 3 is 2.96 bits per heavy atom. The number of anilines is 1. The van der Waals surface area contributed by atoms with Gasteiger partial charge in [0.2, 0.25) is 0 Å². The van der Waals surface area contributed by atoms with Gasteiger partial charge in [-0.3, -0.25) is 14.5 Å². The van der Waals surface area contributed by atoms with Crippen molar-refractivity contribution in [3.05, 3.63) is 64.1 Å². The normalized spacial score (nSPS) is 10.8. The van der Waals surface area contributed by atoms with Crippen molar-refractivity contribution in [3.8, 4) is 0 Å². The van der Waals surface area contributed by atoms with Crippen LogP contribution < -0.4 is 5.32 Å². The van der Waals surface area contributed by atoms with Crippen LogP contribution in [0.3, 0.4) is 0 Å². The van der Waals surface area contributed by atoms with E-state index in [0.717, 1.165) is 22.7 Å². The van der Waals surface area contributed by atoms with Crippen molar-refractivity contribution in [2.24, 2.45) is 0 Å². The van der Waals surface area contributed by atoms with Gasteiger partial charge in [-0.1, -0.05) is 6.07 Å². The van der Waals surface area contributed by atoms with Gasteiger partial charge in [0.25, 0.3) is 5.69 Å². The van der Waals surface area contributed by atoms with Crippen molar-refractivity contribution in [2.45, 2.75) is 13.2 Å². The average molecular weight is 313 g/mol. The first kappa shape index (κ1) is 14.9. The summed E-state index contributed by atoms with van der Waals surface area (Å²) in [7, 11) is 1.55. The number of nitro benzene ring substituents is 1. The first-order valence-electron chi connectivity index (χ1n) is 6.98. The van der Waals surface area contributed by atoms with Crippen LogP contribution in [0.15, 0.2) is 42.6 Å². The third-order valence-electron chi connectivity index (χ3n) is 3.42. The number of hydrogen-bond donors (Lipinski definition) is 1. The monoisotopic (exact) mass is 313 g/mol. The molecular weight excluding hydrogens is 298 g/mol. The van der Waals surface area contributed by atoms with E-state index < -0.39 is 4.92 Å². The van der Waals surface area contributed by atoms with Crippen LogP contribution in [0.2, 0.25) is 0 Å². The second-order valence-corrected chi connectivity index (χ2v) is 4.93. The molecule has 0 spiro atoms. The molecule has 2 aromatic heterocycles. The number of ether oxygens (including phenoxy) is 1. The maximum absolute atomic E-state index is 10.9. The fourth-order valence-corrected chi connectivity index (χ4v) is 2.33. The van der Waals surface area contributed by atoms with Crippen molar-refractivity contribution < 1.29 is 9.66 Å². The van der Waals surface area contributed by atoms with Crippen LogP contribution in [0.4, 0.5) is 11.4 Å². The van der Waals surface area contributed by atoms with Gasteiger partial charge in [-0.2, -0.15) is 0 Å². The van der Waals surface area contributed by atoms with Gasteiger partial charge in [-0.05, 0) is 18.2 Å². The molecule has 0 radical (unpaired) electrons. The molecule has 0 saturated carbocycles. The smallest absolute Gasteiger partial charge is 0.269 e. The Labute approximate surface area is 131 Å². The molecule has 0 aliphatic carbocycles. The Morgan fingerprint density at radius 1 is 1.30 bits per heavy atom. The lowest BCUT2D eigenvalue weighted by Crippen LogP contribution is -2.07. The van der Waals surface area contributed by atoms with Crippen molar-refractivity contribution >= 4 is 17.0 Å². The van der Waals surface area contributed by atoms with Gasteiger partial charge in [0.15, 0.2) is 11.5 Å². The van der Waals surface area contributed by atoms with Crippen LogP contribution in [0.1, 0.15) is 11.4 Å². The zero-order valence-corrected chi connectivity index (χ0v) is 12.5. The molecule has 8 nitrogen and oxygen atoms in total. The predicted molar refractivity (Wildman–Crippen MR) is 84.1 cm³/mol. The number of hydrogen-bond acceptors (Lipinski definition) is 6. The summed E-state index contributed by atoms with van der Waals surface area (Å²) in [6.07, 6.45) is 1.89. The first-order valence-corrected chi connectivity index (χ1v) is 6.98. The van der Waals surface area contributed by atoms with Crippen LogP contribution in [0, 0.1) is 10.1 Å². The quantitative estimate of drug-likeness (QED) is 0.554. The molecule has 23 heavy (non-hydrogen) atoms. The van der Waals surface area contributed by atoms with E-state index in [1.54, 1.807) is 13.2 Å². The third-order valence-corrected chi connectivity index (χ3v) is 3.42. The number of nitrogens with zero attached hydrogens (tertiary/aromatic N) is 4. The third kappa shape index (κ3) is 3.11. The van der Waals surface area contributed by atoms with Gasteiger partial charge in [0, 0.05) is 36.7 Å². The maximum atomic E-state index is 10.9. The second kappa shape index (κ2) is 6.41. The highest BCUT2D eigenvalue weighted by Crippen LogP contribution is 2.23. The molecule has 0 atom stereocenters. The van der Waals surface area contributed by atoms with Crippen LogP contribution >= 0.6 is 0 Å². The Morgan fingerprint density at radius 2 is 2.17 bits per heavy atom. The molecule has 0 unspecified atom stereocenters. The van der Waals surface area contributed by atoms with E-state index in [0.29, 0.717) is 6.54 Å². The first-order chi connectivity index (χ1) is 11.2.